The Labute approximate surface area is 192 Å². The van der Waals surface area contributed by atoms with Gasteiger partial charge in [-0.15, -0.1) is 0 Å². The third kappa shape index (κ3) is 2.83. The van der Waals surface area contributed by atoms with E-state index in [4.69, 9.17) is 0 Å². The second-order valence-electron chi connectivity index (χ2n) is 15.3. The van der Waals surface area contributed by atoms with Crippen molar-refractivity contribution in [2.24, 2.45) is 50.2 Å². The summed E-state index contributed by atoms with van der Waals surface area (Å²) in [6.07, 6.45) is 15.8. The predicted octanol–water partition coefficient (Wildman–Crippen LogP) is 8.17. The molecule has 0 saturated heterocycles. The summed E-state index contributed by atoms with van der Waals surface area (Å²) in [5, 5.41) is 10.9. The molecule has 0 aliphatic heterocycles. The molecule has 5 rings (SSSR count). The van der Waals surface area contributed by atoms with Crippen LogP contribution in [-0.2, 0) is 0 Å². The monoisotopic (exact) mass is 426 g/mol. The van der Waals surface area contributed by atoms with E-state index in [1.807, 2.05) is 5.57 Å². The summed E-state index contributed by atoms with van der Waals surface area (Å²) in [4.78, 5) is 0. The molecule has 5 aliphatic carbocycles. The number of fused-ring (bicyclic) bond motifs is 7. The molecule has 4 fully saturated rings. The van der Waals surface area contributed by atoms with Gasteiger partial charge in [0, 0.05) is 0 Å². The van der Waals surface area contributed by atoms with Gasteiger partial charge in [0.25, 0.3) is 0 Å². The highest BCUT2D eigenvalue weighted by Gasteiger charge is 2.66. The van der Waals surface area contributed by atoms with Crippen molar-refractivity contribution < 1.29 is 5.11 Å². The lowest BCUT2D eigenvalue weighted by Crippen LogP contribution is -2.63. The summed E-state index contributed by atoms with van der Waals surface area (Å²) >= 11 is 0. The quantitative estimate of drug-likeness (QED) is 0.387. The average molecular weight is 427 g/mol. The lowest BCUT2D eigenvalue weighted by molar-refractivity contribution is -0.184. The van der Waals surface area contributed by atoms with E-state index in [9.17, 15) is 5.11 Å². The number of aliphatic hydroxyl groups is 1. The van der Waals surface area contributed by atoms with Crippen molar-refractivity contribution in [3.8, 4) is 0 Å². The van der Waals surface area contributed by atoms with E-state index in [-0.39, 0.29) is 11.5 Å². The lowest BCUT2D eigenvalue weighted by Gasteiger charge is -2.70. The molecule has 0 aromatic heterocycles. The van der Waals surface area contributed by atoms with Crippen LogP contribution in [0.2, 0.25) is 0 Å². The molecule has 0 bridgehead atoms. The molecule has 8 atom stereocenters. The van der Waals surface area contributed by atoms with Gasteiger partial charge in [0.2, 0.25) is 0 Å². The fraction of sp³-hybridized carbons (Fsp3) is 0.933. The highest BCUT2D eigenvalue weighted by molar-refractivity contribution is 5.34. The fourth-order valence-corrected chi connectivity index (χ4v) is 10.8. The maximum absolute atomic E-state index is 10.9. The summed E-state index contributed by atoms with van der Waals surface area (Å²) in [5.41, 5.74) is 4.07. The van der Waals surface area contributed by atoms with Crippen LogP contribution in [0.1, 0.15) is 120 Å². The van der Waals surface area contributed by atoms with Crippen molar-refractivity contribution in [3.05, 3.63) is 11.6 Å². The average Bonchev–Trinajstić information content (AvgIpc) is 2.66. The maximum Gasteiger partial charge on any atom is 0.0594 e. The number of hydrogen-bond acceptors (Lipinski definition) is 1. The largest absolute Gasteiger partial charge is 0.393 e. The van der Waals surface area contributed by atoms with Gasteiger partial charge in [0.1, 0.15) is 0 Å². The van der Waals surface area contributed by atoms with Crippen LogP contribution in [-0.4, -0.2) is 11.2 Å². The smallest absolute Gasteiger partial charge is 0.0594 e. The van der Waals surface area contributed by atoms with Crippen LogP contribution in [0.15, 0.2) is 11.6 Å². The molecular weight excluding hydrogens is 376 g/mol. The number of rotatable bonds is 0. The topological polar surface area (TPSA) is 20.2 Å². The standard InChI is InChI=1S/C30H50O/c1-25(2)17-18-27(5)13-9-21-29(7)14-10-20-26(3,4)24(31)12-16-28(20,6)22(29)11-15-30(21,8)23(27)19-25/h9,20,22-24,31H,10-19H2,1-8H3/t20?,22?,23-,24?,27+,28?,29+,30?/m1/s1. The summed E-state index contributed by atoms with van der Waals surface area (Å²) in [6, 6.07) is 0. The number of hydrogen-bond donors (Lipinski definition) is 1. The van der Waals surface area contributed by atoms with Gasteiger partial charge in [-0.3, -0.25) is 0 Å². The summed E-state index contributed by atoms with van der Waals surface area (Å²) < 4.78 is 0. The minimum Gasteiger partial charge on any atom is -0.393 e. The molecule has 4 saturated carbocycles. The van der Waals surface area contributed by atoms with Crippen molar-refractivity contribution in [1.82, 2.24) is 0 Å². The Morgan fingerprint density at radius 3 is 2.00 bits per heavy atom. The van der Waals surface area contributed by atoms with Gasteiger partial charge in [-0.1, -0.05) is 67.0 Å². The van der Waals surface area contributed by atoms with Gasteiger partial charge < -0.3 is 5.11 Å². The normalized spacial score (nSPS) is 55.2. The third-order valence-corrected chi connectivity index (χ3v) is 12.7. The van der Waals surface area contributed by atoms with E-state index in [0.717, 1.165) is 18.3 Å². The first-order valence-corrected chi connectivity index (χ1v) is 13.6. The Balaban J connectivity index is 1.56. The van der Waals surface area contributed by atoms with Crippen molar-refractivity contribution in [1.29, 1.82) is 0 Å². The van der Waals surface area contributed by atoms with Crippen LogP contribution >= 0.6 is 0 Å². The van der Waals surface area contributed by atoms with E-state index >= 15 is 0 Å². The van der Waals surface area contributed by atoms with Crippen LogP contribution in [0.5, 0.6) is 0 Å². The highest BCUT2D eigenvalue weighted by Crippen LogP contribution is 2.74. The number of aliphatic hydroxyl groups excluding tert-OH is 1. The maximum atomic E-state index is 10.9. The molecule has 5 unspecified atom stereocenters. The van der Waals surface area contributed by atoms with Crippen LogP contribution in [0.4, 0.5) is 0 Å². The molecular formula is C30H50O. The zero-order valence-corrected chi connectivity index (χ0v) is 21.9. The molecule has 1 nitrogen and oxygen atoms in total. The molecule has 31 heavy (non-hydrogen) atoms. The molecule has 176 valence electrons. The van der Waals surface area contributed by atoms with Crippen molar-refractivity contribution in [2.45, 2.75) is 126 Å². The minimum atomic E-state index is -0.122. The first kappa shape index (κ1) is 22.5. The van der Waals surface area contributed by atoms with Crippen LogP contribution < -0.4 is 0 Å². The second-order valence-corrected chi connectivity index (χ2v) is 15.3. The van der Waals surface area contributed by atoms with Gasteiger partial charge >= 0.3 is 0 Å². The van der Waals surface area contributed by atoms with E-state index in [2.05, 4.69) is 61.5 Å². The molecule has 0 aromatic carbocycles. The van der Waals surface area contributed by atoms with Gasteiger partial charge in [0.15, 0.2) is 0 Å². The first-order chi connectivity index (χ1) is 14.2. The second kappa shape index (κ2) is 6.43. The molecule has 5 aliphatic rings. The van der Waals surface area contributed by atoms with Gasteiger partial charge in [0.05, 0.1) is 6.10 Å². The zero-order valence-electron chi connectivity index (χ0n) is 21.9. The zero-order chi connectivity index (χ0) is 22.7. The van der Waals surface area contributed by atoms with E-state index in [1.165, 1.54) is 57.8 Å². The van der Waals surface area contributed by atoms with E-state index in [0.29, 0.717) is 33.0 Å². The minimum absolute atomic E-state index is 0.0575. The van der Waals surface area contributed by atoms with Crippen LogP contribution in [0.25, 0.3) is 0 Å². The Morgan fingerprint density at radius 1 is 0.710 bits per heavy atom. The van der Waals surface area contributed by atoms with Crippen molar-refractivity contribution in [3.63, 3.8) is 0 Å². The van der Waals surface area contributed by atoms with Gasteiger partial charge in [-0.25, -0.2) is 0 Å². The SMILES string of the molecule is CC1(C)CC[C@]2(C)CC=C3C(C)(CCC4C5(C)CCC(O)C(C)(C)C5CC[C@@]34C)[C@@H]2C1. The Kier molecular flexibility index (Phi) is 4.66. The predicted molar refractivity (Wildman–Crippen MR) is 131 cm³/mol. The Bertz CT molecular complexity index is 790. The van der Waals surface area contributed by atoms with Gasteiger partial charge in [-0.2, -0.15) is 0 Å². The van der Waals surface area contributed by atoms with Crippen LogP contribution in [0, 0.1) is 50.2 Å². The van der Waals surface area contributed by atoms with Crippen molar-refractivity contribution >= 4 is 0 Å². The third-order valence-electron chi connectivity index (χ3n) is 12.7. The lowest BCUT2D eigenvalue weighted by atomic mass is 9.35. The molecule has 1 heteroatoms. The fourth-order valence-electron chi connectivity index (χ4n) is 10.8. The van der Waals surface area contributed by atoms with E-state index in [1.54, 1.807) is 0 Å². The van der Waals surface area contributed by atoms with Crippen molar-refractivity contribution in [2.75, 3.05) is 0 Å². The Morgan fingerprint density at radius 2 is 1.32 bits per heavy atom. The first-order valence-electron chi connectivity index (χ1n) is 13.6. The van der Waals surface area contributed by atoms with Crippen LogP contribution in [0.3, 0.4) is 0 Å². The summed E-state index contributed by atoms with van der Waals surface area (Å²) in [7, 11) is 0. The molecule has 0 radical (unpaired) electrons. The molecule has 0 amide bonds. The van der Waals surface area contributed by atoms with Gasteiger partial charge in [-0.05, 0) is 114 Å². The van der Waals surface area contributed by atoms with E-state index < -0.39 is 0 Å². The summed E-state index contributed by atoms with van der Waals surface area (Å²) in [5.74, 6) is 2.29. The summed E-state index contributed by atoms with van der Waals surface area (Å²) in [6.45, 7) is 20.4. The molecule has 0 aromatic rings. The number of allylic oxidation sites excluding steroid dienone is 2. The Hall–Kier alpha value is -0.300. The highest BCUT2D eigenvalue weighted by atomic mass is 16.3. The molecule has 1 N–H and O–H groups in total. The molecule has 0 heterocycles. The molecule has 0 spiro atoms.